The molecule has 1 heterocycles. The summed E-state index contributed by atoms with van der Waals surface area (Å²) in [4.78, 5) is 18.2. The van der Waals surface area contributed by atoms with E-state index in [-0.39, 0.29) is 11.7 Å². The van der Waals surface area contributed by atoms with Crippen molar-refractivity contribution in [3.05, 3.63) is 113 Å². The summed E-state index contributed by atoms with van der Waals surface area (Å²) in [5.74, 6) is -1.14. The van der Waals surface area contributed by atoms with Crippen LogP contribution in [0.1, 0.15) is 17.0 Å². The van der Waals surface area contributed by atoms with E-state index in [4.69, 9.17) is 0 Å². The summed E-state index contributed by atoms with van der Waals surface area (Å²) in [6.45, 7) is 4.13. The molecule has 0 unspecified atom stereocenters. The molecule has 5 heteroatoms. The lowest BCUT2D eigenvalue weighted by Gasteiger charge is -2.14. The van der Waals surface area contributed by atoms with Crippen molar-refractivity contribution in [2.24, 2.45) is 4.99 Å². The van der Waals surface area contributed by atoms with Gasteiger partial charge in [0.25, 0.3) is 5.91 Å². The Balaban J connectivity index is 1.88. The SMILES string of the molecule is C=CCn1c(=NC(=O)C(c2ccccc2)c2ccccc2)sc2cccc(F)c21. The van der Waals surface area contributed by atoms with Crippen molar-refractivity contribution < 1.29 is 9.18 Å². The van der Waals surface area contributed by atoms with Gasteiger partial charge in [0.2, 0.25) is 0 Å². The van der Waals surface area contributed by atoms with Gasteiger partial charge in [-0.25, -0.2) is 4.39 Å². The Kier molecular flexibility index (Phi) is 5.49. The molecule has 0 spiro atoms. The number of thiazole rings is 1. The van der Waals surface area contributed by atoms with Gasteiger partial charge in [-0.15, -0.1) is 6.58 Å². The maximum atomic E-state index is 14.4. The monoisotopic (exact) mass is 402 g/mol. The van der Waals surface area contributed by atoms with Gasteiger partial charge in [0, 0.05) is 6.54 Å². The number of para-hydroxylation sites is 1. The van der Waals surface area contributed by atoms with Crippen LogP contribution < -0.4 is 4.80 Å². The van der Waals surface area contributed by atoms with Gasteiger partial charge in [0.05, 0.1) is 16.1 Å². The van der Waals surface area contributed by atoms with Gasteiger partial charge in [0.15, 0.2) is 4.80 Å². The molecule has 0 aliphatic rings. The highest BCUT2D eigenvalue weighted by Crippen LogP contribution is 2.26. The Labute approximate surface area is 172 Å². The number of halogens is 1. The zero-order chi connectivity index (χ0) is 20.2. The molecule has 0 saturated heterocycles. The maximum absolute atomic E-state index is 14.4. The van der Waals surface area contributed by atoms with Crippen LogP contribution in [-0.4, -0.2) is 10.5 Å². The molecular weight excluding hydrogens is 383 g/mol. The molecule has 29 heavy (non-hydrogen) atoms. The zero-order valence-electron chi connectivity index (χ0n) is 15.7. The quantitative estimate of drug-likeness (QED) is 0.418. The molecule has 3 aromatic carbocycles. The minimum atomic E-state index is -0.523. The van der Waals surface area contributed by atoms with Crippen molar-refractivity contribution in [1.82, 2.24) is 4.57 Å². The number of aromatic nitrogens is 1. The number of allylic oxidation sites excluding steroid dienone is 1. The number of fused-ring (bicyclic) bond motifs is 1. The molecule has 1 amide bonds. The Morgan fingerprint density at radius 2 is 1.62 bits per heavy atom. The lowest BCUT2D eigenvalue weighted by atomic mass is 9.91. The highest BCUT2D eigenvalue weighted by atomic mass is 32.1. The van der Waals surface area contributed by atoms with Gasteiger partial charge in [0.1, 0.15) is 5.82 Å². The van der Waals surface area contributed by atoms with Crippen molar-refractivity contribution in [3.8, 4) is 0 Å². The van der Waals surface area contributed by atoms with Crippen molar-refractivity contribution in [3.63, 3.8) is 0 Å². The molecule has 0 N–H and O–H groups in total. The fourth-order valence-electron chi connectivity index (χ4n) is 3.40. The molecule has 4 rings (SSSR count). The fourth-order valence-corrected chi connectivity index (χ4v) is 4.46. The number of benzene rings is 3. The number of rotatable bonds is 5. The van der Waals surface area contributed by atoms with E-state index >= 15 is 0 Å². The molecular formula is C24H19FN2OS. The summed E-state index contributed by atoms with van der Waals surface area (Å²) >= 11 is 1.30. The first-order chi connectivity index (χ1) is 14.2. The number of carbonyl (C=O) groups excluding carboxylic acids is 1. The van der Waals surface area contributed by atoms with Crippen LogP contribution in [0.15, 0.2) is 96.5 Å². The Bertz CT molecular complexity index is 1190. The first-order valence-corrected chi connectivity index (χ1v) is 10.1. The summed E-state index contributed by atoms with van der Waals surface area (Å²) in [5.41, 5.74) is 2.19. The molecule has 0 aliphatic heterocycles. The van der Waals surface area contributed by atoms with Crippen LogP contribution in [0, 0.1) is 5.82 Å². The standard InChI is InChI=1S/C24H19FN2OS/c1-2-16-27-22-19(25)14-9-15-20(22)29-24(27)26-23(28)21(17-10-5-3-6-11-17)18-12-7-4-8-13-18/h2-15,21H,1,16H2. The van der Waals surface area contributed by atoms with E-state index in [0.29, 0.717) is 16.9 Å². The average molecular weight is 402 g/mol. The largest absolute Gasteiger partial charge is 0.310 e. The predicted molar refractivity (Wildman–Crippen MR) is 115 cm³/mol. The number of hydrogen-bond acceptors (Lipinski definition) is 2. The molecule has 1 aromatic heterocycles. The van der Waals surface area contributed by atoms with Crippen LogP contribution in [0.25, 0.3) is 10.2 Å². The Morgan fingerprint density at radius 3 is 2.21 bits per heavy atom. The van der Waals surface area contributed by atoms with Gasteiger partial charge in [-0.1, -0.05) is 84.1 Å². The summed E-state index contributed by atoms with van der Waals surface area (Å²) in [5, 5.41) is 0. The van der Waals surface area contributed by atoms with Gasteiger partial charge >= 0.3 is 0 Å². The minimum Gasteiger partial charge on any atom is -0.310 e. The third-order valence-electron chi connectivity index (χ3n) is 4.68. The van der Waals surface area contributed by atoms with Crippen LogP contribution in [0.4, 0.5) is 4.39 Å². The molecule has 0 aliphatic carbocycles. The second-order valence-corrected chi connectivity index (χ2v) is 7.58. The smallest absolute Gasteiger partial charge is 0.260 e. The van der Waals surface area contributed by atoms with E-state index in [1.807, 2.05) is 66.7 Å². The lowest BCUT2D eigenvalue weighted by Crippen LogP contribution is -2.20. The van der Waals surface area contributed by atoms with Crippen LogP contribution >= 0.6 is 11.3 Å². The second-order valence-electron chi connectivity index (χ2n) is 6.57. The van der Waals surface area contributed by atoms with E-state index in [2.05, 4.69) is 11.6 Å². The third-order valence-corrected chi connectivity index (χ3v) is 5.73. The van der Waals surface area contributed by atoms with Gasteiger partial charge in [-0.2, -0.15) is 4.99 Å². The zero-order valence-corrected chi connectivity index (χ0v) is 16.5. The fraction of sp³-hybridized carbons (Fsp3) is 0.0833. The van der Waals surface area contributed by atoms with Crippen LogP contribution in [0.2, 0.25) is 0 Å². The summed E-state index contributed by atoms with van der Waals surface area (Å²) < 4.78 is 16.9. The first kappa shape index (κ1) is 19.0. The Morgan fingerprint density at radius 1 is 1.00 bits per heavy atom. The second kappa shape index (κ2) is 8.37. The van der Waals surface area contributed by atoms with Crippen LogP contribution in [0.5, 0.6) is 0 Å². The highest BCUT2D eigenvalue weighted by molar-refractivity contribution is 7.16. The summed E-state index contributed by atoms with van der Waals surface area (Å²) in [6, 6.07) is 24.1. The molecule has 144 valence electrons. The van der Waals surface area contributed by atoms with E-state index < -0.39 is 5.92 Å². The van der Waals surface area contributed by atoms with E-state index in [9.17, 15) is 9.18 Å². The van der Waals surface area contributed by atoms with E-state index in [1.165, 1.54) is 17.4 Å². The van der Waals surface area contributed by atoms with Crippen LogP contribution in [-0.2, 0) is 11.3 Å². The highest BCUT2D eigenvalue weighted by Gasteiger charge is 2.23. The third kappa shape index (κ3) is 3.82. The van der Waals surface area contributed by atoms with Gasteiger partial charge in [-0.05, 0) is 23.3 Å². The Hall–Kier alpha value is -3.31. The number of hydrogen-bond donors (Lipinski definition) is 0. The number of nitrogens with zero attached hydrogens (tertiary/aromatic N) is 2. The van der Waals surface area contributed by atoms with E-state index in [0.717, 1.165) is 15.8 Å². The molecule has 0 atom stereocenters. The van der Waals surface area contributed by atoms with Crippen molar-refractivity contribution >= 4 is 27.5 Å². The van der Waals surface area contributed by atoms with Gasteiger partial charge in [-0.3, -0.25) is 4.79 Å². The average Bonchev–Trinajstić information content (AvgIpc) is 3.08. The molecule has 0 fully saturated rings. The number of carbonyl (C=O) groups is 1. The summed E-state index contributed by atoms with van der Waals surface area (Å²) in [6.07, 6.45) is 1.67. The minimum absolute atomic E-state index is 0.285. The summed E-state index contributed by atoms with van der Waals surface area (Å²) in [7, 11) is 0. The lowest BCUT2D eigenvalue weighted by molar-refractivity contribution is -0.118. The topological polar surface area (TPSA) is 34.4 Å². The maximum Gasteiger partial charge on any atom is 0.260 e. The molecule has 3 nitrogen and oxygen atoms in total. The normalized spacial score (nSPS) is 11.9. The van der Waals surface area contributed by atoms with Crippen molar-refractivity contribution in [2.45, 2.75) is 12.5 Å². The van der Waals surface area contributed by atoms with Crippen molar-refractivity contribution in [2.75, 3.05) is 0 Å². The van der Waals surface area contributed by atoms with Crippen molar-refractivity contribution in [1.29, 1.82) is 0 Å². The number of amides is 1. The van der Waals surface area contributed by atoms with E-state index in [1.54, 1.807) is 16.7 Å². The molecule has 0 saturated carbocycles. The molecule has 4 aromatic rings. The predicted octanol–water partition coefficient (Wildman–Crippen LogP) is 5.29. The molecule has 0 radical (unpaired) electrons. The molecule has 0 bridgehead atoms. The van der Waals surface area contributed by atoms with Gasteiger partial charge < -0.3 is 4.57 Å². The first-order valence-electron chi connectivity index (χ1n) is 9.26. The van der Waals surface area contributed by atoms with Crippen LogP contribution in [0.3, 0.4) is 0 Å².